The molecule has 0 saturated carbocycles. The van der Waals surface area contributed by atoms with Crippen molar-refractivity contribution in [2.75, 3.05) is 13.7 Å². The van der Waals surface area contributed by atoms with Gasteiger partial charge in [-0.3, -0.25) is 0 Å². The van der Waals surface area contributed by atoms with Gasteiger partial charge in [-0.15, -0.1) is 0 Å². The van der Waals surface area contributed by atoms with Crippen molar-refractivity contribution in [3.63, 3.8) is 0 Å². The Balaban J connectivity index is 3.06. The van der Waals surface area contributed by atoms with Crippen LogP contribution < -0.4 is 10.1 Å². The van der Waals surface area contributed by atoms with Crippen molar-refractivity contribution in [1.29, 1.82) is 0 Å². The number of benzene rings is 1. The maximum absolute atomic E-state index is 12.6. The second-order valence-corrected chi connectivity index (χ2v) is 3.30. The molecule has 0 heterocycles. The predicted octanol–water partition coefficient (Wildman–Crippen LogP) is 2.82. The van der Waals surface area contributed by atoms with Crippen LogP contribution in [-0.4, -0.2) is 13.7 Å². The minimum atomic E-state index is -4.32. The molecule has 0 fully saturated rings. The maximum Gasteiger partial charge on any atom is 0.416 e. The fourth-order valence-corrected chi connectivity index (χ4v) is 1.38. The van der Waals surface area contributed by atoms with E-state index in [1.54, 1.807) is 0 Å². The number of methoxy groups -OCH3 is 1. The van der Waals surface area contributed by atoms with Crippen LogP contribution >= 0.6 is 0 Å². The van der Waals surface area contributed by atoms with E-state index in [2.05, 4.69) is 5.32 Å². The molecule has 0 unspecified atom stereocenters. The third-order valence-corrected chi connectivity index (χ3v) is 2.18. The lowest BCUT2D eigenvalue weighted by molar-refractivity contribution is -0.138. The Bertz CT molecular complexity index is 350. The fourth-order valence-electron chi connectivity index (χ4n) is 1.38. The van der Waals surface area contributed by atoms with E-state index in [9.17, 15) is 13.2 Å². The first kappa shape index (κ1) is 12.8. The summed E-state index contributed by atoms with van der Waals surface area (Å²) < 4.78 is 42.8. The van der Waals surface area contributed by atoms with Gasteiger partial charge in [0.2, 0.25) is 0 Å². The highest BCUT2D eigenvalue weighted by Gasteiger charge is 2.33. The molecule has 1 rings (SSSR count). The standard InChI is InChI=1S/C11H14F3NO/c1-3-15-7-8-6-9(16-2)4-5-10(8)11(12,13)14/h4-6,15H,3,7H2,1-2H3. The lowest BCUT2D eigenvalue weighted by Gasteiger charge is -2.14. The Morgan fingerprint density at radius 1 is 1.31 bits per heavy atom. The molecule has 1 aromatic rings. The molecule has 1 aromatic carbocycles. The van der Waals surface area contributed by atoms with E-state index in [0.717, 1.165) is 6.07 Å². The van der Waals surface area contributed by atoms with Gasteiger partial charge in [0.1, 0.15) is 5.75 Å². The van der Waals surface area contributed by atoms with Crippen LogP contribution in [0.25, 0.3) is 0 Å². The average Bonchev–Trinajstić information content (AvgIpc) is 2.24. The van der Waals surface area contributed by atoms with E-state index in [1.807, 2.05) is 6.92 Å². The zero-order valence-electron chi connectivity index (χ0n) is 9.19. The molecule has 0 bridgehead atoms. The minimum Gasteiger partial charge on any atom is -0.497 e. The number of halogens is 3. The summed E-state index contributed by atoms with van der Waals surface area (Å²) in [5.41, 5.74) is -0.414. The summed E-state index contributed by atoms with van der Waals surface area (Å²) in [6.45, 7) is 2.64. The molecule has 0 aliphatic carbocycles. The Labute approximate surface area is 92.4 Å². The smallest absolute Gasteiger partial charge is 0.416 e. The number of nitrogens with one attached hydrogen (secondary N) is 1. The van der Waals surface area contributed by atoms with E-state index in [0.29, 0.717) is 12.3 Å². The molecule has 0 atom stereocenters. The lowest BCUT2D eigenvalue weighted by Crippen LogP contribution is -2.17. The molecule has 0 aliphatic heterocycles. The monoisotopic (exact) mass is 233 g/mol. The Kier molecular flexibility index (Phi) is 4.18. The molecule has 16 heavy (non-hydrogen) atoms. The molecule has 0 radical (unpaired) electrons. The van der Waals surface area contributed by atoms with Crippen molar-refractivity contribution in [3.8, 4) is 5.75 Å². The predicted molar refractivity (Wildman–Crippen MR) is 55.4 cm³/mol. The van der Waals surface area contributed by atoms with Gasteiger partial charge >= 0.3 is 6.18 Å². The summed E-state index contributed by atoms with van der Waals surface area (Å²) in [6.07, 6.45) is -4.32. The number of hydrogen-bond acceptors (Lipinski definition) is 2. The second kappa shape index (κ2) is 5.21. The number of ether oxygens (including phenoxy) is 1. The molecule has 1 N–H and O–H groups in total. The molecular weight excluding hydrogens is 219 g/mol. The third-order valence-electron chi connectivity index (χ3n) is 2.18. The molecule has 0 aromatic heterocycles. The van der Waals surface area contributed by atoms with Crippen LogP contribution in [0.3, 0.4) is 0 Å². The van der Waals surface area contributed by atoms with Gasteiger partial charge in [-0.25, -0.2) is 0 Å². The van der Waals surface area contributed by atoms with E-state index in [1.165, 1.54) is 19.2 Å². The fraction of sp³-hybridized carbons (Fsp3) is 0.455. The number of alkyl halides is 3. The second-order valence-electron chi connectivity index (χ2n) is 3.30. The van der Waals surface area contributed by atoms with Crippen LogP contribution in [0.1, 0.15) is 18.1 Å². The van der Waals surface area contributed by atoms with Gasteiger partial charge in [0, 0.05) is 6.54 Å². The summed E-state index contributed by atoms with van der Waals surface area (Å²) in [5, 5.41) is 2.87. The van der Waals surface area contributed by atoms with Crippen molar-refractivity contribution < 1.29 is 17.9 Å². The summed E-state index contributed by atoms with van der Waals surface area (Å²) in [7, 11) is 1.43. The van der Waals surface area contributed by atoms with E-state index in [4.69, 9.17) is 4.74 Å². The quantitative estimate of drug-likeness (QED) is 0.863. The van der Waals surface area contributed by atoms with Crippen LogP contribution in [0.5, 0.6) is 5.75 Å². The summed E-state index contributed by atoms with van der Waals surface area (Å²) in [6, 6.07) is 3.77. The van der Waals surface area contributed by atoms with Crippen molar-refractivity contribution in [3.05, 3.63) is 29.3 Å². The van der Waals surface area contributed by atoms with Gasteiger partial charge in [-0.05, 0) is 30.3 Å². The van der Waals surface area contributed by atoms with Crippen molar-refractivity contribution in [2.24, 2.45) is 0 Å². The highest BCUT2D eigenvalue weighted by Crippen LogP contribution is 2.33. The van der Waals surface area contributed by atoms with E-state index in [-0.39, 0.29) is 12.1 Å². The number of hydrogen-bond donors (Lipinski definition) is 1. The molecule has 0 amide bonds. The van der Waals surface area contributed by atoms with Gasteiger partial charge in [-0.2, -0.15) is 13.2 Å². The zero-order valence-corrected chi connectivity index (χ0v) is 9.19. The van der Waals surface area contributed by atoms with Gasteiger partial charge in [0.25, 0.3) is 0 Å². The highest BCUT2D eigenvalue weighted by atomic mass is 19.4. The Morgan fingerprint density at radius 3 is 2.50 bits per heavy atom. The summed E-state index contributed by atoms with van der Waals surface area (Å²) in [5.74, 6) is 0.431. The molecule has 2 nitrogen and oxygen atoms in total. The third kappa shape index (κ3) is 3.13. The first-order chi connectivity index (χ1) is 7.49. The van der Waals surface area contributed by atoms with Crippen LogP contribution in [-0.2, 0) is 12.7 Å². The lowest BCUT2D eigenvalue weighted by atomic mass is 10.1. The van der Waals surface area contributed by atoms with Crippen molar-refractivity contribution >= 4 is 0 Å². The average molecular weight is 233 g/mol. The number of rotatable bonds is 4. The van der Waals surface area contributed by atoms with Gasteiger partial charge in [0.05, 0.1) is 12.7 Å². The normalized spacial score (nSPS) is 11.6. The zero-order chi connectivity index (χ0) is 12.2. The molecule has 0 aliphatic rings. The Hall–Kier alpha value is -1.23. The summed E-state index contributed by atoms with van der Waals surface area (Å²) >= 11 is 0. The minimum absolute atomic E-state index is 0.183. The largest absolute Gasteiger partial charge is 0.497 e. The van der Waals surface area contributed by atoms with Crippen LogP contribution in [0.2, 0.25) is 0 Å². The first-order valence-corrected chi connectivity index (χ1v) is 4.94. The van der Waals surface area contributed by atoms with Crippen molar-refractivity contribution in [2.45, 2.75) is 19.6 Å². The van der Waals surface area contributed by atoms with Gasteiger partial charge < -0.3 is 10.1 Å². The molecule has 0 saturated heterocycles. The van der Waals surface area contributed by atoms with Crippen LogP contribution in [0.15, 0.2) is 18.2 Å². The van der Waals surface area contributed by atoms with Gasteiger partial charge in [-0.1, -0.05) is 6.92 Å². The first-order valence-electron chi connectivity index (χ1n) is 4.94. The van der Waals surface area contributed by atoms with E-state index < -0.39 is 11.7 Å². The maximum atomic E-state index is 12.6. The molecule has 90 valence electrons. The van der Waals surface area contributed by atoms with Crippen molar-refractivity contribution in [1.82, 2.24) is 5.32 Å². The molecule has 0 spiro atoms. The van der Waals surface area contributed by atoms with E-state index >= 15 is 0 Å². The topological polar surface area (TPSA) is 21.3 Å². The Morgan fingerprint density at radius 2 is 2.00 bits per heavy atom. The summed E-state index contributed by atoms with van der Waals surface area (Å²) in [4.78, 5) is 0. The molecular formula is C11H14F3NO. The van der Waals surface area contributed by atoms with Gasteiger partial charge in [0.15, 0.2) is 0 Å². The van der Waals surface area contributed by atoms with Crippen LogP contribution in [0.4, 0.5) is 13.2 Å². The highest BCUT2D eigenvalue weighted by molar-refractivity contribution is 5.37. The van der Waals surface area contributed by atoms with Crippen LogP contribution in [0, 0.1) is 0 Å². The molecule has 5 heteroatoms. The SMILES string of the molecule is CCNCc1cc(OC)ccc1C(F)(F)F.